The molecular weight excluding hydrogens is 358 g/mol. The predicted octanol–water partition coefficient (Wildman–Crippen LogP) is 4.58. The normalized spacial score (nSPS) is 15.9. The van der Waals surface area contributed by atoms with E-state index in [4.69, 9.17) is 14.2 Å². The Morgan fingerprint density at radius 1 is 1.18 bits per heavy atom. The molecule has 1 saturated carbocycles. The molecule has 1 amide bonds. The minimum Gasteiger partial charge on any atom is -0.492 e. The number of anilines is 1. The first-order chi connectivity index (χ1) is 13.4. The van der Waals surface area contributed by atoms with Gasteiger partial charge in [0.25, 0.3) is 5.91 Å². The van der Waals surface area contributed by atoms with E-state index in [1.54, 1.807) is 18.2 Å². The molecule has 6 heteroatoms. The summed E-state index contributed by atoms with van der Waals surface area (Å²) >= 11 is 0. The van der Waals surface area contributed by atoms with Gasteiger partial charge in [0.05, 0.1) is 13.7 Å². The summed E-state index contributed by atoms with van der Waals surface area (Å²) < 4.78 is 16.6. The monoisotopic (exact) mass is 391 g/mol. The average molecular weight is 392 g/mol. The van der Waals surface area contributed by atoms with Gasteiger partial charge in [0.1, 0.15) is 16.9 Å². The van der Waals surface area contributed by atoms with Crippen molar-refractivity contribution in [3.05, 3.63) is 23.8 Å². The maximum absolute atomic E-state index is 13.1. The van der Waals surface area contributed by atoms with E-state index < -0.39 is 11.6 Å². The lowest BCUT2D eigenvalue weighted by Crippen LogP contribution is -2.47. The molecule has 0 heterocycles. The molecule has 1 aromatic carbocycles. The van der Waals surface area contributed by atoms with Gasteiger partial charge in [-0.25, -0.2) is 4.79 Å². The van der Waals surface area contributed by atoms with Gasteiger partial charge in [0.2, 0.25) is 0 Å². The number of carbonyl (C=O) groups excluding carboxylic acids is 2. The van der Waals surface area contributed by atoms with Crippen LogP contribution in [0.5, 0.6) is 5.75 Å². The van der Waals surface area contributed by atoms with Gasteiger partial charge in [-0.2, -0.15) is 0 Å². The predicted molar refractivity (Wildman–Crippen MR) is 109 cm³/mol. The quantitative estimate of drug-likeness (QED) is 0.624. The lowest BCUT2D eigenvalue weighted by Gasteiger charge is -2.35. The molecule has 0 spiro atoms. The van der Waals surface area contributed by atoms with Crippen molar-refractivity contribution in [2.75, 3.05) is 25.6 Å². The lowest BCUT2D eigenvalue weighted by molar-refractivity contribution is -0.146. The first kappa shape index (κ1) is 22.2. The highest BCUT2D eigenvalue weighted by molar-refractivity contribution is 5.99. The van der Waals surface area contributed by atoms with Crippen molar-refractivity contribution in [2.24, 2.45) is 5.92 Å². The maximum atomic E-state index is 13.1. The molecule has 1 aliphatic rings. The summed E-state index contributed by atoms with van der Waals surface area (Å²) in [7, 11) is 1.33. The number of esters is 1. The smallest absolute Gasteiger partial charge is 0.341 e. The van der Waals surface area contributed by atoms with Crippen molar-refractivity contribution in [2.45, 2.75) is 64.9 Å². The Morgan fingerprint density at radius 3 is 2.50 bits per heavy atom. The number of amides is 1. The number of hydrogen-bond donors (Lipinski definition) is 1. The molecule has 6 nitrogen and oxygen atoms in total. The largest absolute Gasteiger partial charge is 0.492 e. The van der Waals surface area contributed by atoms with Gasteiger partial charge in [-0.3, -0.25) is 4.79 Å². The van der Waals surface area contributed by atoms with Gasteiger partial charge >= 0.3 is 5.97 Å². The molecule has 0 radical (unpaired) electrons. The fourth-order valence-electron chi connectivity index (χ4n) is 3.36. The molecule has 28 heavy (non-hydrogen) atoms. The minimum absolute atomic E-state index is 0.146. The summed E-state index contributed by atoms with van der Waals surface area (Å²) in [5, 5.41) is 2.95. The average Bonchev–Trinajstić information content (AvgIpc) is 2.71. The highest BCUT2D eigenvalue weighted by Gasteiger charge is 2.40. The summed E-state index contributed by atoms with van der Waals surface area (Å²) in [4.78, 5) is 25.2. The van der Waals surface area contributed by atoms with E-state index >= 15 is 0 Å². The second-order valence-corrected chi connectivity index (χ2v) is 7.76. The maximum Gasteiger partial charge on any atom is 0.341 e. The van der Waals surface area contributed by atoms with Crippen molar-refractivity contribution >= 4 is 17.6 Å². The Bertz CT molecular complexity index is 665. The molecule has 1 aliphatic carbocycles. The molecule has 156 valence electrons. The topological polar surface area (TPSA) is 73.9 Å². The van der Waals surface area contributed by atoms with Crippen LogP contribution in [0, 0.1) is 5.92 Å². The van der Waals surface area contributed by atoms with E-state index in [-0.39, 0.29) is 5.91 Å². The second-order valence-electron chi connectivity index (χ2n) is 7.76. The zero-order chi connectivity index (χ0) is 20.6. The van der Waals surface area contributed by atoms with Crippen LogP contribution in [0.1, 0.15) is 69.7 Å². The van der Waals surface area contributed by atoms with Crippen molar-refractivity contribution in [1.29, 1.82) is 0 Å². The number of benzene rings is 1. The third-order valence-corrected chi connectivity index (χ3v) is 4.87. The van der Waals surface area contributed by atoms with Crippen LogP contribution in [-0.4, -0.2) is 37.8 Å². The highest BCUT2D eigenvalue weighted by Crippen LogP contribution is 2.34. The van der Waals surface area contributed by atoms with Gasteiger partial charge in [-0.15, -0.1) is 0 Å². The molecule has 0 unspecified atom stereocenters. The van der Waals surface area contributed by atoms with Crippen LogP contribution < -0.4 is 10.1 Å². The van der Waals surface area contributed by atoms with Crippen LogP contribution in [0.25, 0.3) is 0 Å². The molecule has 0 aliphatic heterocycles. The molecule has 1 N–H and O–H groups in total. The van der Waals surface area contributed by atoms with Gasteiger partial charge in [0.15, 0.2) is 0 Å². The lowest BCUT2D eigenvalue weighted by atomic mass is 9.83. The van der Waals surface area contributed by atoms with E-state index in [0.29, 0.717) is 36.1 Å². The van der Waals surface area contributed by atoms with Crippen LogP contribution in [0.4, 0.5) is 5.69 Å². The SMILES string of the molecule is CCCOC1(C(=O)Nc2ccc(OCC(C)C)c(C(=O)OC)c2)CCCCC1. The fourth-order valence-corrected chi connectivity index (χ4v) is 3.36. The zero-order valence-corrected chi connectivity index (χ0v) is 17.5. The Labute approximate surface area is 167 Å². The Morgan fingerprint density at radius 2 is 1.89 bits per heavy atom. The van der Waals surface area contributed by atoms with E-state index in [2.05, 4.69) is 5.32 Å². The first-order valence-electron chi connectivity index (χ1n) is 10.2. The number of nitrogens with one attached hydrogen (secondary N) is 1. The third kappa shape index (κ3) is 5.71. The van der Waals surface area contributed by atoms with Gasteiger partial charge in [-0.1, -0.05) is 40.0 Å². The molecular formula is C22H33NO5. The van der Waals surface area contributed by atoms with Crippen LogP contribution in [0.15, 0.2) is 18.2 Å². The molecule has 1 aromatic rings. The van der Waals surface area contributed by atoms with Crippen LogP contribution >= 0.6 is 0 Å². The van der Waals surface area contributed by atoms with E-state index in [1.165, 1.54) is 7.11 Å². The van der Waals surface area contributed by atoms with E-state index in [0.717, 1.165) is 38.5 Å². The molecule has 0 aromatic heterocycles. The second kappa shape index (κ2) is 10.5. The van der Waals surface area contributed by atoms with E-state index in [9.17, 15) is 9.59 Å². The first-order valence-corrected chi connectivity index (χ1v) is 10.2. The van der Waals surface area contributed by atoms with Gasteiger partial charge < -0.3 is 19.5 Å². The number of methoxy groups -OCH3 is 1. The van der Waals surface area contributed by atoms with Crippen molar-refractivity contribution < 1.29 is 23.8 Å². The molecule has 0 saturated heterocycles. The molecule has 0 bridgehead atoms. The Kier molecular flexibility index (Phi) is 8.30. The third-order valence-electron chi connectivity index (χ3n) is 4.87. The molecule has 1 fully saturated rings. The summed E-state index contributed by atoms with van der Waals surface area (Å²) in [6, 6.07) is 5.05. The van der Waals surface area contributed by atoms with Crippen molar-refractivity contribution in [1.82, 2.24) is 0 Å². The van der Waals surface area contributed by atoms with Crippen molar-refractivity contribution in [3.8, 4) is 5.75 Å². The molecule has 2 rings (SSSR count). The number of carbonyl (C=O) groups is 2. The molecule has 0 atom stereocenters. The summed E-state index contributed by atoms with van der Waals surface area (Å²) in [6.07, 6.45) is 5.39. The van der Waals surface area contributed by atoms with Gasteiger partial charge in [0, 0.05) is 12.3 Å². The van der Waals surface area contributed by atoms with Crippen LogP contribution in [-0.2, 0) is 14.3 Å². The zero-order valence-electron chi connectivity index (χ0n) is 17.5. The van der Waals surface area contributed by atoms with Crippen LogP contribution in [0.2, 0.25) is 0 Å². The Hall–Kier alpha value is -2.08. The summed E-state index contributed by atoms with van der Waals surface area (Å²) in [5.74, 6) is 0.136. The van der Waals surface area contributed by atoms with Crippen molar-refractivity contribution in [3.63, 3.8) is 0 Å². The minimum atomic E-state index is -0.785. The standard InChI is InChI=1S/C22H33NO5/c1-5-13-28-22(11-7-6-8-12-22)21(25)23-17-9-10-19(27-15-16(2)3)18(14-17)20(24)26-4/h9-10,14,16H,5-8,11-13,15H2,1-4H3,(H,23,25). The number of hydrogen-bond acceptors (Lipinski definition) is 5. The number of rotatable bonds is 9. The summed E-state index contributed by atoms with van der Waals surface area (Å²) in [6.45, 7) is 7.15. The highest BCUT2D eigenvalue weighted by atomic mass is 16.5. The Balaban J connectivity index is 2.21. The van der Waals surface area contributed by atoms with Gasteiger partial charge in [-0.05, 0) is 43.4 Å². The van der Waals surface area contributed by atoms with Crippen LogP contribution in [0.3, 0.4) is 0 Å². The fraction of sp³-hybridized carbons (Fsp3) is 0.636. The van der Waals surface area contributed by atoms with E-state index in [1.807, 2.05) is 20.8 Å². The number of ether oxygens (including phenoxy) is 3. The summed E-state index contributed by atoms with van der Waals surface area (Å²) in [5.41, 5.74) is 0.0485.